The van der Waals surface area contributed by atoms with E-state index in [0.29, 0.717) is 11.3 Å². The maximum absolute atomic E-state index is 13.8. The summed E-state index contributed by atoms with van der Waals surface area (Å²) in [4.78, 5) is 12.6. The molecule has 0 aliphatic rings. The number of carbonyl (C=O) groups is 1. The first-order valence-corrected chi connectivity index (χ1v) is 12.1. The van der Waals surface area contributed by atoms with Crippen LogP contribution in [0.2, 0.25) is 0 Å². The third kappa shape index (κ3) is 5.13. The molecule has 0 aliphatic carbocycles. The number of phenols is 1. The van der Waals surface area contributed by atoms with E-state index in [0.717, 1.165) is 33.4 Å². The molecular formula is C31H26FN3O3. The van der Waals surface area contributed by atoms with Gasteiger partial charge in [0.05, 0.1) is 11.8 Å². The Kier molecular flexibility index (Phi) is 6.91. The van der Waals surface area contributed by atoms with E-state index in [4.69, 9.17) is 4.74 Å². The fourth-order valence-corrected chi connectivity index (χ4v) is 4.41. The minimum absolute atomic E-state index is 0.101. The van der Waals surface area contributed by atoms with E-state index in [1.54, 1.807) is 36.5 Å². The highest BCUT2D eigenvalue weighted by Gasteiger charge is 2.13. The van der Waals surface area contributed by atoms with Crippen LogP contribution in [-0.2, 0) is 6.61 Å². The molecule has 0 spiro atoms. The molecule has 1 aromatic heterocycles. The van der Waals surface area contributed by atoms with Crippen LogP contribution in [0, 0.1) is 19.7 Å². The van der Waals surface area contributed by atoms with Crippen LogP contribution in [0.25, 0.3) is 16.5 Å². The standard InChI is InChI=1S/C31H26FN3O3/c1-20-15-25(18-33-34-31(37)28-16-22-7-3-4-8-23(22)17-30(28)36)21(2)35(20)26-11-13-27(14-12-26)38-19-24-9-5-6-10-29(24)32/h3-18,36H,19H2,1-2H3,(H,34,37). The number of carbonyl (C=O) groups excluding carboxylic acids is 1. The number of fused-ring (bicyclic) bond motifs is 1. The number of hydrogen-bond acceptors (Lipinski definition) is 4. The largest absolute Gasteiger partial charge is 0.507 e. The highest BCUT2D eigenvalue weighted by atomic mass is 19.1. The van der Waals surface area contributed by atoms with Gasteiger partial charge in [-0.05, 0) is 73.2 Å². The van der Waals surface area contributed by atoms with Crippen molar-refractivity contribution in [1.29, 1.82) is 0 Å². The van der Waals surface area contributed by atoms with Gasteiger partial charge in [-0.3, -0.25) is 4.79 Å². The van der Waals surface area contributed by atoms with Crippen LogP contribution < -0.4 is 10.2 Å². The first-order chi connectivity index (χ1) is 18.4. The normalized spacial score (nSPS) is 11.2. The predicted molar refractivity (Wildman–Crippen MR) is 147 cm³/mol. The Labute approximate surface area is 219 Å². The number of aryl methyl sites for hydroxylation is 1. The van der Waals surface area contributed by atoms with Gasteiger partial charge in [0.15, 0.2) is 0 Å². The quantitative estimate of drug-likeness (QED) is 0.197. The first kappa shape index (κ1) is 24.8. The fraction of sp³-hybridized carbons (Fsp3) is 0.0968. The Morgan fingerprint density at radius 2 is 1.66 bits per heavy atom. The van der Waals surface area contributed by atoms with Crippen molar-refractivity contribution in [3.63, 3.8) is 0 Å². The molecule has 5 aromatic rings. The molecule has 2 N–H and O–H groups in total. The van der Waals surface area contributed by atoms with E-state index in [1.807, 2.05) is 68.4 Å². The lowest BCUT2D eigenvalue weighted by molar-refractivity contribution is 0.0952. The van der Waals surface area contributed by atoms with Crippen molar-refractivity contribution < 1.29 is 19.0 Å². The van der Waals surface area contributed by atoms with Gasteiger partial charge in [-0.15, -0.1) is 0 Å². The van der Waals surface area contributed by atoms with Crippen molar-refractivity contribution in [3.05, 3.63) is 125 Å². The monoisotopic (exact) mass is 507 g/mol. The van der Waals surface area contributed by atoms with Crippen LogP contribution in [-0.4, -0.2) is 21.8 Å². The highest BCUT2D eigenvalue weighted by molar-refractivity contribution is 6.01. The van der Waals surface area contributed by atoms with Crippen molar-refractivity contribution in [1.82, 2.24) is 9.99 Å². The number of phenolic OH excluding ortho intramolecular Hbond substituents is 1. The van der Waals surface area contributed by atoms with Crippen molar-refractivity contribution in [2.75, 3.05) is 0 Å². The van der Waals surface area contributed by atoms with Crippen LogP contribution in [0.4, 0.5) is 4.39 Å². The molecule has 0 radical (unpaired) electrons. The number of hydrogen-bond donors (Lipinski definition) is 2. The SMILES string of the molecule is Cc1cc(C=NNC(=O)c2cc3ccccc3cc2O)c(C)n1-c1ccc(OCc2ccccc2F)cc1. The summed E-state index contributed by atoms with van der Waals surface area (Å²) in [5, 5.41) is 16.1. The van der Waals surface area contributed by atoms with Crippen LogP contribution in [0.1, 0.15) is 32.9 Å². The van der Waals surface area contributed by atoms with Crippen molar-refractivity contribution in [2.24, 2.45) is 5.10 Å². The average Bonchev–Trinajstić information content (AvgIpc) is 3.20. The topological polar surface area (TPSA) is 75.9 Å². The second-order valence-corrected chi connectivity index (χ2v) is 8.95. The lowest BCUT2D eigenvalue weighted by Crippen LogP contribution is -2.17. The number of halogens is 1. The van der Waals surface area contributed by atoms with E-state index in [1.165, 1.54) is 6.07 Å². The lowest BCUT2D eigenvalue weighted by Gasteiger charge is -2.12. The summed E-state index contributed by atoms with van der Waals surface area (Å²) in [7, 11) is 0. The van der Waals surface area contributed by atoms with Gasteiger partial charge in [0, 0.05) is 28.2 Å². The highest BCUT2D eigenvalue weighted by Crippen LogP contribution is 2.25. The van der Waals surface area contributed by atoms with Crippen LogP contribution in [0.5, 0.6) is 11.5 Å². The summed E-state index contributed by atoms with van der Waals surface area (Å²) >= 11 is 0. The number of aromatic hydroxyl groups is 1. The molecule has 0 bridgehead atoms. The summed E-state index contributed by atoms with van der Waals surface area (Å²) in [5.41, 5.74) is 6.86. The third-order valence-corrected chi connectivity index (χ3v) is 6.40. The zero-order valence-corrected chi connectivity index (χ0v) is 21.0. The number of benzene rings is 4. The average molecular weight is 508 g/mol. The van der Waals surface area contributed by atoms with Crippen LogP contribution >= 0.6 is 0 Å². The molecule has 0 saturated heterocycles. The first-order valence-electron chi connectivity index (χ1n) is 12.1. The van der Waals surface area contributed by atoms with Crippen LogP contribution in [0.3, 0.4) is 0 Å². The zero-order chi connectivity index (χ0) is 26.6. The molecular weight excluding hydrogens is 481 g/mol. The molecule has 0 fully saturated rings. The number of hydrazone groups is 1. The maximum atomic E-state index is 13.8. The van der Waals surface area contributed by atoms with Gasteiger partial charge in [0.2, 0.25) is 0 Å². The molecule has 0 atom stereocenters. The minimum atomic E-state index is -0.496. The molecule has 190 valence electrons. The van der Waals surface area contributed by atoms with E-state index >= 15 is 0 Å². The van der Waals surface area contributed by atoms with E-state index in [-0.39, 0.29) is 23.7 Å². The predicted octanol–water partition coefficient (Wildman–Crippen LogP) is 6.43. The van der Waals surface area contributed by atoms with Gasteiger partial charge in [-0.1, -0.05) is 42.5 Å². The minimum Gasteiger partial charge on any atom is -0.507 e. The number of aromatic nitrogens is 1. The smallest absolute Gasteiger partial charge is 0.275 e. The van der Waals surface area contributed by atoms with E-state index in [2.05, 4.69) is 15.1 Å². The molecule has 1 heterocycles. The Morgan fingerprint density at radius 1 is 0.974 bits per heavy atom. The van der Waals surface area contributed by atoms with Crippen molar-refractivity contribution in [3.8, 4) is 17.2 Å². The van der Waals surface area contributed by atoms with E-state index < -0.39 is 5.91 Å². The van der Waals surface area contributed by atoms with Gasteiger partial charge < -0.3 is 14.4 Å². The van der Waals surface area contributed by atoms with Crippen molar-refractivity contribution >= 4 is 22.9 Å². The number of rotatable bonds is 7. The Morgan fingerprint density at radius 3 is 2.39 bits per heavy atom. The molecule has 0 unspecified atom stereocenters. The maximum Gasteiger partial charge on any atom is 0.275 e. The summed E-state index contributed by atoms with van der Waals surface area (Å²) in [5.74, 6) is -0.247. The summed E-state index contributed by atoms with van der Waals surface area (Å²) in [6.45, 7) is 4.10. The molecule has 0 saturated carbocycles. The Hall–Kier alpha value is -4.91. The zero-order valence-electron chi connectivity index (χ0n) is 21.0. The second-order valence-electron chi connectivity index (χ2n) is 8.95. The van der Waals surface area contributed by atoms with Gasteiger partial charge in [0.1, 0.15) is 23.9 Å². The number of ether oxygens (including phenoxy) is 1. The lowest BCUT2D eigenvalue weighted by atomic mass is 10.1. The third-order valence-electron chi connectivity index (χ3n) is 6.40. The van der Waals surface area contributed by atoms with Crippen LogP contribution in [0.15, 0.2) is 96.1 Å². The number of nitrogens with one attached hydrogen (secondary N) is 1. The Bertz CT molecular complexity index is 1660. The van der Waals surface area contributed by atoms with Gasteiger partial charge >= 0.3 is 0 Å². The van der Waals surface area contributed by atoms with E-state index in [9.17, 15) is 14.3 Å². The van der Waals surface area contributed by atoms with Gasteiger partial charge in [-0.2, -0.15) is 5.10 Å². The molecule has 0 aliphatic heterocycles. The second kappa shape index (κ2) is 10.6. The fourth-order valence-electron chi connectivity index (χ4n) is 4.41. The summed E-state index contributed by atoms with van der Waals surface area (Å²) < 4.78 is 21.6. The molecule has 1 amide bonds. The van der Waals surface area contributed by atoms with Gasteiger partial charge in [0.25, 0.3) is 5.91 Å². The molecule has 4 aromatic carbocycles. The summed E-state index contributed by atoms with van der Waals surface area (Å²) in [6.07, 6.45) is 1.58. The summed E-state index contributed by atoms with van der Waals surface area (Å²) in [6, 6.07) is 26.8. The van der Waals surface area contributed by atoms with Gasteiger partial charge in [-0.25, -0.2) is 9.82 Å². The molecule has 5 rings (SSSR count). The Balaban J connectivity index is 1.27. The molecule has 38 heavy (non-hydrogen) atoms. The number of amides is 1. The van der Waals surface area contributed by atoms with Crippen molar-refractivity contribution in [2.45, 2.75) is 20.5 Å². The molecule has 7 heteroatoms. The number of nitrogens with zero attached hydrogens (tertiary/aromatic N) is 2. The molecule has 6 nitrogen and oxygen atoms in total.